The molecule has 3 N–H and O–H groups in total. The summed E-state index contributed by atoms with van der Waals surface area (Å²) in [7, 11) is -6.19. The Morgan fingerprint density at radius 2 is 1.91 bits per heavy atom. The lowest BCUT2D eigenvalue weighted by molar-refractivity contribution is 0.370. The van der Waals surface area contributed by atoms with Gasteiger partial charge in [0.25, 0.3) is 0 Å². The number of ether oxygens (including phenoxy) is 1. The van der Waals surface area contributed by atoms with Crippen molar-refractivity contribution in [2.24, 2.45) is 11.7 Å². The maximum absolute atomic E-state index is 12.8. The second kappa shape index (κ2) is 6.04. The van der Waals surface area contributed by atoms with Crippen LogP contribution in [0.1, 0.15) is 19.8 Å². The summed E-state index contributed by atoms with van der Waals surface area (Å²) < 4.78 is 56.6. The molecule has 1 aliphatic carbocycles. The number of rotatable bonds is 7. The monoisotopic (exact) mass is 362 g/mol. The van der Waals surface area contributed by atoms with Crippen LogP contribution in [0.4, 0.5) is 0 Å². The first kappa shape index (κ1) is 18.2. The van der Waals surface area contributed by atoms with Gasteiger partial charge in [0, 0.05) is 18.3 Å². The van der Waals surface area contributed by atoms with E-state index in [1.54, 1.807) is 6.92 Å². The number of nitrogens with one attached hydrogen (secondary N) is 1. The molecule has 1 aliphatic rings. The standard InChI is InChI=1S/C14H22N2O5S2/c1-14(9-15,10-4-5-10)16-23(19,20)13-8-11(22(3,17)18)6-7-12(13)21-2/h6-8,10,16H,4-5,9,15H2,1-3H3. The van der Waals surface area contributed by atoms with Gasteiger partial charge in [-0.15, -0.1) is 0 Å². The minimum absolute atomic E-state index is 0.0834. The van der Waals surface area contributed by atoms with Crippen LogP contribution in [0.25, 0.3) is 0 Å². The Morgan fingerprint density at radius 3 is 2.35 bits per heavy atom. The molecule has 0 bridgehead atoms. The van der Waals surface area contributed by atoms with Gasteiger partial charge in [0.2, 0.25) is 10.0 Å². The topological polar surface area (TPSA) is 116 Å². The van der Waals surface area contributed by atoms with E-state index in [0.717, 1.165) is 25.2 Å². The highest BCUT2D eigenvalue weighted by atomic mass is 32.2. The molecular weight excluding hydrogens is 340 g/mol. The SMILES string of the molecule is COc1ccc(S(C)(=O)=O)cc1S(=O)(=O)NC(C)(CN)C1CC1. The van der Waals surface area contributed by atoms with E-state index in [1.165, 1.54) is 19.2 Å². The molecule has 1 aromatic carbocycles. The first-order valence-electron chi connectivity index (χ1n) is 7.15. The molecule has 1 aromatic rings. The van der Waals surface area contributed by atoms with Gasteiger partial charge in [0.05, 0.1) is 12.0 Å². The van der Waals surface area contributed by atoms with Gasteiger partial charge in [0.1, 0.15) is 10.6 Å². The van der Waals surface area contributed by atoms with E-state index in [2.05, 4.69) is 4.72 Å². The van der Waals surface area contributed by atoms with Crippen LogP contribution >= 0.6 is 0 Å². The Hall–Kier alpha value is -1.16. The molecule has 1 saturated carbocycles. The molecule has 9 heteroatoms. The average molecular weight is 362 g/mol. The highest BCUT2D eigenvalue weighted by Gasteiger charge is 2.43. The van der Waals surface area contributed by atoms with Crippen LogP contribution < -0.4 is 15.2 Å². The van der Waals surface area contributed by atoms with Gasteiger partial charge in [-0.3, -0.25) is 0 Å². The Balaban J connectivity index is 2.49. The van der Waals surface area contributed by atoms with E-state index in [9.17, 15) is 16.8 Å². The third kappa shape index (κ3) is 3.85. The fourth-order valence-electron chi connectivity index (χ4n) is 2.47. The second-order valence-electron chi connectivity index (χ2n) is 6.09. The quantitative estimate of drug-likeness (QED) is 0.730. The molecule has 0 spiro atoms. The molecule has 0 saturated heterocycles. The highest BCUT2D eigenvalue weighted by Crippen LogP contribution is 2.40. The van der Waals surface area contributed by atoms with Crippen molar-refractivity contribution in [3.63, 3.8) is 0 Å². The highest BCUT2D eigenvalue weighted by molar-refractivity contribution is 7.91. The normalized spacial score (nSPS) is 18.4. The minimum Gasteiger partial charge on any atom is -0.495 e. The predicted molar refractivity (Wildman–Crippen MR) is 86.6 cm³/mol. The Bertz CT molecular complexity index is 800. The minimum atomic E-state index is -3.98. The molecule has 1 unspecified atom stereocenters. The molecule has 0 amide bonds. The van der Waals surface area contributed by atoms with Crippen molar-refractivity contribution < 1.29 is 21.6 Å². The van der Waals surface area contributed by atoms with Crippen molar-refractivity contribution in [2.45, 2.75) is 35.1 Å². The summed E-state index contributed by atoms with van der Waals surface area (Å²) in [6, 6.07) is 3.76. The van der Waals surface area contributed by atoms with Crippen LogP contribution in [-0.2, 0) is 19.9 Å². The number of sulfone groups is 1. The molecule has 130 valence electrons. The summed E-state index contributed by atoms with van der Waals surface area (Å²) in [5.41, 5.74) is 4.99. The zero-order valence-electron chi connectivity index (χ0n) is 13.4. The van der Waals surface area contributed by atoms with Gasteiger partial charge >= 0.3 is 0 Å². The maximum Gasteiger partial charge on any atom is 0.244 e. The van der Waals surface area contributed by atoms with Crippen LogP contribution in [0.2, 0.25) is 0 Å². The van der Waals surface area contributed by atoms with Crippen molar-refractivity contribution in [1.29, 1.82) is 0 Å². The van der Waals surface area contributed by atoms with E-state index in [4.69, 9.17) is 10.5 Å². The van der Waals surface area contributed by atoms with Gasteiger partial charge in [0.15, 0.2) is 9.84 Å². The lowest BCUT2D eigenvalue weighted by Crippen LogP contribution is -2.53. The summed E-state index contributed by atoms with van der Waals surface area (Å²) in [5, 5.41) is 0. The maximum atomic E-state index is 12.8. The molecule has 1 fully saturated rings. The summed E-state index contributed by atoms with van der Waals surface area (Å²) in [6.45, 7) is 1.92. The summed E-state index contributed by atoms with van der Waals surface area (Å²) >= 11 is 0. The van der Waals surface area contributed by atoms with Crippen LogP contribution in [-0.4, -0.2) is 42.3 Å². The molecular formula is C14H22N2O5S2. The van der Waals surface area contributed by atoms with E-state index < -0.39 is 25.4 Å². The molecule has 0 radical (unpaired) electrons. The first-order valence-corrected chi connectivity index (χ1v) is 10.5. The number of hydrogen-bond acceptors (Lipinski definition) is 6. The molecule has 2 rings (SSSR count). The van der Waals surface area contributed by atoms with Crippen LogP contribution in [0, 0.1) is 5.92 Å². The fraction of sp³-hybridized carbons (Fsp3) is 0.571. The van der Waals surface area contributed by atoms with Crippen molar-refractivity contribution in [3.8, 4) is 5.75 Å². The van der Waals surface area contributed by atoms with E-state index in [0.29, 0.717) is 0 Å². The molecule has 1 atom stereocenters. The molecule has 7 nitrogen and oxygen atoms in total. The third-order valence-electron chi connectivity index (χ3n) is 4.12. The number of benzene rings is 1. The predicted octanol–water partition coefficient (Wildman–Crippen LogP) is 0.504. The van der Waals surface area contributed by atoms with Crippen molar-refractivity contribution in [2.75, 3.05) is 19.9 Å². The zero-order valence-corrected chi connectivity index (χ0v) is 15.0. The van der Waals surface area contributed by atoms with Crippen LogP contribution in [0.5, 0.6) is 5.75 Å². The van der Waals surface area contributed by atoms with Gasteiger partial charge < -0.3 is 10.5 Å². The third-order valence-corrected chi connectivity index (χ3v) is 6.87. The number of hydrogen-bond donors (Lipinski definition) is 2. The first-order chi connectivity index (χ1) is 10.5. The fourth-order valence-corrected chi connectivity index (χ4v) is 4.87. The number of nitrogens with two attached hydrogens (primary N) is 1. The molecule has 0 heterocycles. The lowest BCUT2D eigenvalue weighted by Gasteiger charge is -2.29. The van der Waals surface area contributed by atoms with Crippen molar-refractivity contribution in [1.82, 2.24) is 4.72 Å². The zero-order chi connectivity index (χ0) is 17.5. The van der Waals surface area contributed by atoms with Gasteiger partial charge in [-0.25, -0.2) is 21.6 Å². The lowest BCUT2D eigenvalue weighted by atomic mass is 9.98. The summed E-state index contributed by atoms with van der Waals surface area (Å²) in [6.07, 6.45) is 2.85. The largest absolute Gasteiger partial charge is 0.495 e. The van der Waals surface area contributed by atoms with Gasteiger partial charge in [-0.1, -0.05) is 0 Å². The van der Waals surface area contributed by atoms with Crippen LogP contribution in [0.3, 0.4) is 0 Å². The average Bonchev–Trinajstić information content (AvgIpc) is 3.30. The Morgan fingerprint density at radius 1 is 1.30 bits per heavy atom. The number of sulfonamides is 1. The van der Waals surface area contributed by atoms with E-state index in [-0.39, 0.29) is 28.0 Å². The summed E-state index contributed by atoms with van der Waals surface area (Å²) in [4.78, 5) is -0.289. The van der Waals surface area contributed by atoms with Crippen LogP contribution in [0.15, 0.2) is 28.0 Å². The Labute approximate surface area is 137 Å². The summed E-state index contributed by atoms with van der Waals surface area (Å²) in [5.74, 6) is 0.270. The number of methoxy groups -OCH3 is 1. The van der Waals surface area contributed by atoms with Crippen molar-refractivity contribution in [3.05, 3.63) is 18.2 Å². The van der Waals surface area contributed by atoms with Gasteiger partial charge in [-0.05, 0) is 43.9 Å². The van der Waals surface area contributed by atoms with Crippen molar-refractivity contribution >= 4 is 19.9 Å². The smallest absolute Gasteiger partial charge is 0.244 e. The molecule has 0 aliphatic heterocycles. The van der Waals surface area contributed by atoms with Gasteiger partial charge in [-0.2, -0.15) is 0 Å². The Kier molecular flexibility index (Phi) is 4.78. The second-order valence-corrected chi connectivity index (χ2v) is 9.75. The van der Waals surface area contributed by atoms with E-state index >= 15 is 0 Å². The van der Waals surface area contributed by atoms with E-state index in [1.807, 2.05) is 0 Å². The molecule has 23 heavy (non-hydrogen) atoms. The molecule has 0 aromatic heterocycles.